The fraction of sp³-hybridized carbons (Fsp3) is 0.0909. The summed E-state index contributed by atoms with van der Waals surface area (Å²) in [6.45, 7) is 0. The number of nitrogens with zero attached hydrogens (tertiary/aromatic N) is 2. The highest BCUT2D eigenvalue weighted by molar-refractivity contribution is 9.10. The van der Waals surface area contributed by atoms with Crippen molar-refractivity contribution in [1.82, 2.24) is 9.97 Å². The average Bonchev–Trinajstić information content (AvgIpc) is 2.29. The van der Waals surface area contributed by atoms with E-state index in [4.69, 9.17) is 0 Å². The number of aliphatic hydroxyl groups excluding tert-OH is 1. The van der Waals surface area contributed by atoms with Gasteiger partial charge >= 0.3 is 0 Å². The largest absolute Gasteiger partial charge is 0.382 e. The van der Waals surface area contributed by atoms with Crippen LogP contribution in [-0.2, 0) is 0 Å². The van der Waals surface area contributed by atoms with Crippen molar-refractivity contribution in [3.05, 3.63) is 58.3 Å². The van der Waals surface area contributed by atoms with E-state index < -0.39 is 11.9 Å². The highest BCUT2D eigenvalue weighted by atomic mass is 79.9. The fourth-order valence-corrected chi connectivity index (χ4v) is 1.53. The summed E-state index contributed by atoms with van der Waals surface area (Å²) < 4.78 is 13.7. The van der Waals surface area contributed by atoms with Crippen molar-refractivity contribution >= 4 is 15.9 Å². The van der Waals surface area contributed by atoms with Gasteiger partial charge in [0, 0.05) is 22.4 Å². The van der Waals surface area contributed by atoms with E-state index in [0.29, 0.717) is 11.3 Å². The lowest BCUT2D eigenvalue weighted by Gasteiger charge is -2.09. The van der Waals surface area contributed by atoms with E-state index in [-0.39, 0.29) is 0 Å². The first-order chi connectivity index (χ1) is 7.66. The van der Waals surface area contributed by atoms with Crippen molar-refractivity contribution in [2.45, 2.75) is 6.10 Å². The van der Waals surface area contributed by atoms with Gasteiger partial charge < -0.3 is 5.11 Å². The quantitative estimate of drug-likeness (QED) is 0.920. The molecule has 1 N–H and O–H groups in total. The van der Waals surface area contributed by atoms with E-state index in [1.165, 1.54) is 12.3 Å². The highest BCUT2D eigenvalue weighted by Crippen LogP contribution is 2.20. The Labute approximate surface area is 100 Å². The van der Waals surface area contributed by atoms with Gasteiger partial charge in [-0.1, -0.05) is 0 Å². The molecule has 2 heterocycles. The van der Waals surface area contributed by atoms with Gasteiger partial charge in [0.15, 0.2) is 0 Å². The summed E-state index contributed by atoms with van der Waals surface area (Å²) in [6, 6.07) is 4.67. The second-order valence-corrected chi connectivity index (χ2v) is 4.16. The molecule has 1 atom stereocenters. The molecule has 2 rings (SSSR count). The monoisotopic (exact) mass is 282 g/mol. The van der Waals surface area contributed by atoms with Gasteiger partial charge in [-0.25, -0.2) is 4.39 Å². The number of halogens is 2. The van der Waals surface area contributed by atoms with E-state index in [1.54, 1.807) is 18.3 Å². The zero-order valence-electron chi connectivity index (χ0n) is 8.14. The molecule has 0 aliphatic rings. The highest BCUT2D eigenvalue weighted by Gasteiger charge is 2.12. The SMILES string of the molecule is OC(c1cncc(F)c1)c1ccc(Br)cn1. The molecule has 0 bridgehead atoms. The fourth-order valence-electron chi connectivity index (χ4n) is 1.30. The van der Waals surface area contributed by atoms with Crippen molar-refractivity contribution in [1.29, 1.82) is 0 Å². The lowest BCUT2D eigenvalue weighted by atomic mass is 10.1. The molecule has 0 saturated heterocycles. The smallest absolute Gasteiger partial charge is 0.141 e. The summed E-state index contributed by atoms with van der Waals surface area (Å²) in [5.74, 6) is -0.478. The summed E-state index contributed by atoms with van der Waals surface area (Å²) in [4.78, 5) is 7.71. The van der Waals surface area contributed by atoms with Gasteiger partial charge in [0.2, 0.25) is 0 Å². The maximum Gasteiger partial charge on any atom is 0.141 e. The third-order valence-electron chi connectivity index (χ3n) is 2.07. The molecule has 0 radical (unpaired) electrons. The lowest BCUT2D eigenvalue weighted by Crippen LogP contribution is -2.03. The van der Waals surface area contributed by atoms with E-state index in [1.807, 2.05) is 0 Å². The van der Waals surface area contributed by atoms with Crippen LogP contribution in [0.1, 0.15) is 17.4 Å². The molecule has 0 saturated carbocycles. The van der Waals surface area contributed by atoms with Crippen molar-refractivity contribution in [2.24, 2.45) is 0 Å². The third-order valence-corrected chi connectivity index (χ3v) is 2.54. The van der Waals surface area contributed by atoms with Crippen LogP contribution in [0.25, 0.3) is 0 Å². The molecular formula is C11H8BrFN2O. The summed E-state index contributed by atoms with van der Waals surface area (Å²) in [6.07, 6.45) is 3.12. The Morgan fingerprint density at radius 3 is 2.69 bits per heavy atom. The van der Waals surface area contributed by atoms with Gasteiger partial charge in [0.25, 0.3) is 0 Å². The van der Waals surface area contributed by atoms with Crippen LogP contribution in [0.15, 0.2) is 41.3 Å². The summed E-state index contributed by atoms with van der Waals surface area (Å²) in [5.41, 5.74) is 0.838. The molecule has 0 amide bonds. The van der Waals surface area contributed by atoms with Gasteiger partial charge in [0.05, 0.1) is 11.9 Å². The van der Waals surface area contributed by atoms with Crippen LogP contribution in [0.5, 0.6) is 0 Å². The number of rotatable bonds is 2. The van der Waals surface area contributed by atoms with Gasteiger partial charge in [-0.2, -0.15) is 0 Å². The molecule has 5 heteroatoms. The Bertz CT molecular complexity index is 490. The molecular weight excluding hydrogens is 275 g/mol. The zero-order valence-corrected chi connectivity index (χ0v) is 9.73. The van der Waals surface area contributed by atoms with Crippen LogP contribution in [0.2, 0.25) is 0 Å². The topological polar surface area (TPSA) is 46.0 Å². The molecule has 3 nitrogen and oxygen atoms in total. The van der Waals surface area contributed by atoms with E-state index in [9.17, 15) is 9.50 Å². The van der Waals surface area contributed by atoms with E-state index in [2.05, 4.69) is 25.9 Å². The molecule has 2 aromatic rings. The molecule has 0 aliphatic heterocycles. The molecule has 82 valence electrons. The maximum absolute atomic E-state index is 12.9. The second-order valence-electron chi connectivity index (χ2n) is 3.24. The number of hydrogen-bond donors (Lipinski definition) is 1. The van der Waals surface area contributed by atoms with Gasteiger partial charge in [-0.3, -0.25) is 9.97 Å². The van der Waals surface area contributed by atoms with E-state index >= 15 is 0 Å². The Morgan fingerprint density at radius 1 is 1.25 bits per heavy atom. The molecule has 0 aliphatic carbocycles. The third kappa shape index (κ3) is 2.43. The van der Waals surface area contributed by atoms with Crippen LogP contribution in [0.3, 0.4) is 0 Å². The first-order valence-corrected chi connectivity index (χ1v) is 5.36. The summed E-state index contributed by atoms with van der Waals surface area (Å²) in [5, 5.41) is 9.92. The maximum atomic E-state index is 12.9. The van der Waals surface area contributed by atoms with Crippen molar-refractivity contribution in [3.63, 3.8) is 0 Å². The molecule has 0 spiro atoms. The number of aliphatic hydroxyl groups is 1. The van der Waals surface area contributed by atoms with Crippen LogP contribution >= 0.6 is 15.9 Å². The Kier molecular flexibility index (Phi) is 3.26. The Hall–Kier alpha value is -1.33. The minimum atomic E-state index is -0.962. The minimum absolute atomic E-state index is 0.384. The van der Waals surface area contributed by atoms with Crippen molar-refractivity contribution in [2.75, 3.05) is 0 Å². The number of pyridine rings is 2. The first-order valence-electron chi connectivity index (χ1n) is 4.57. The van der Waals surface area contributed by atoms with E-state index in [0.717, 1.165) is 10.7 Å². The zero-order chi connectivity index (χ0) is 11.5. The number of aromatic nitrogens is 2. The second kappa shape index (κ2) is 4.67. The van der Waals surface area contributed by atoms with Crippen LogP contribution in [-0.4, -0.2) is 15.1 Å². The van der Waals surface area contributed by atoms with Gasteiger partial charge in [-0.05, 0) is 34.1 Å². The van der Waals surface area contributed by atoms with Gasteiger partial charge in [0.1, 0.15) is 11.9 Å². The first kappa shape index (κ1) is 11.2. The van der Waals surface area contributed by atoms with Crippen LogP contribution < -0.4 is 0 Å². The lowest BCUT2D eigenvalue weighted by molar-refractivity contribution is 0.214. The Balaban J connectivity index is 2.31. The molecule has 2 aromatic heterocycles. The summed E-state index contributed by atoms with van der Waals surface area (Å²) >= 11 is 3.25. The molecule has 0 fully saturated rings. The molecule has 0 aromatic carbocycles. The minimum Gasteiger partial charge on any atom is -0.382 e. The molecule has 1 unspecified atom stereocenters. The number of hydrogen-bond acceptors (Lipinski definition) is 3. The van der Waals surface area contributed by atoms with Crippen LogP contribution in [0, 0.1) is 5.82 Å². The Morgan fingerprint density at radius 2 is 2.06 bits per heavy atom. The normalized spacial score (nSPS) is 12.4. The predicted octanol–water partition coefficient (Wildman–Crippen LogP) is 2.46. The summed E-state index contributed by atoms with van der Waals surface area (Å²) in [7, 11) is 0. The van der Waals surface area contributed by atoms with Crippen molar-refractivity contribution < 1.29 is 9.50 Å². The average molecular weight is 283 g/mol. The molecule has 16 heavy (non-hydrogen) atoms. The predicted molar refractivity (Wildman–Crippen MR) is 60.2 cm³/mol. The van der Waals surface area contributed by atoms with Crippen LogP contribution in [0.4, 0.5) is 4.39 Å². The van der Waals surface area contributed by atoms with Crippen molar-refractivity contribution in [3.8, 4) is 0 Å². The van der Waals surface area contributed by atoms with Gasteiger partial charge in [-0.15, -0.1) is 0 Å². The standard InChI is InChI=1S/C11H8BrFN2O/c12-8-1-2-10(15-5-8)11(16)7-3-9(13)6-14-4-7/h1-6,11,16H.